The average Bonchev–Trinajstić information content (AvgIpc) is 2.53. The number of ether oxygens (including phenoxy) is 2. The number of rotatable bonds is 4. The van der Waals surface area contributed by atoms with Crippen LogP contribution in [-0.4, -0.2) is 38.3 Å². The van der Waals surface area contributed by atoms with Crippen LogP contribution in [0.1, 0.15) is 43.5 Å². The van der Waals surface area contributed by atoms with E-state index in [1.165, 1.54) is 20.6 Å². The second-order valence-electron chi connectivity index (χ2n) is 5.91. The summed E-state index contributed by atoms with van der Waals surface area (Å²) >= 11 is 0. The van der Waals surface area contributed by atoms with Crippen molar-refractivity contribution < 1.29 is 14.3 Å². The standard InChI is InChI=1S/C16H24N2O3/c1-5-16(2)9-6-10-18(11-16)13-8-7-12(15(19)21-4)14(17-13)20-3/h7-8H,5-6,9-11H2,1-4H3. The number of hydrogen-bond donors (Lipinski definition) is 0. The minimum Gasteiger partial charge on any atom is -0.480 e. The first kappa shape index (κ1) is 15.6. The molecule has 5 nitrogen and oxygen atoms in total. The zero-order chi connectivity index (χ0) is 15.5. The highest BCUT2D eigenvalue weighted by atomic mass is 16.5. The number of aromatic nitrogens is 1. The second-order valence-corrected chi connectivity index (χ2v) is 5.91. The lowest BCUT2D eigenvalue weighted by Gasteiger charge is -2.40. The van der Waals surface area contributed by atoms with Gasteiger partial charge in [0, 0.05) is 13.1 Å². The van der Waals surface area contributed by atoms with Crippen LogP contribution in [0.25, 0.3) is 0 Å². The van der Waals surface area contributed by atoms with Gasteiger partial charge in [0.1, 0.15) is 11.4 Å². The fourth-order valence-corrected chi connectivity index (χ4v) is 2.83. The highest BCUT2D eigenvalue weighted by Gasteiger charge is 2.30. The first-order valence-electron chi connectivity index (χ1n) is 7.41. The Hall–Kier alpha value is -1.78. The summed E-state index contributed by atoms with van der Waals surface area (Å²) in [7, 11) is 2.87. The normalized spacial score (nSPS) is 22.0. The van der Waals surface area contributed by atoms with Gasteiger partial charge in [0.2, 0.25) is 5.88 Å². The zero-order valence-electron chi connectivity index (χ0n) is 13.3. The van der Waals surface area contributed by atoms with E-state index in [1.54, 1.807) is 6.07 Å². The Morgan fingerprint density at radius 1 is 1.43 bits per heavy atom. The smallest absolute Gasteiger partial charge is 0.343 e. The van der Waals surface area contributed by atoms with Crippen LogP contribution in [0.5, 0.6) is 5.88 Å². The number of carbonyl (C=O) groups is 1. The molecule has 0 N–H and O–H groups in total. The number of hydrogen-bond acceptors (Lipinski definition) is 5. The van der Waals surface area contributed by atoms with Crippen molar-refractivity contribution >= 4 is 11.8 Å². The summed E-state index contributed by atoms with van der Waals surface area (Å²) in [5.74, 6) is 0.755. The summed E-state index contributed by atoms with van der Waals surface area (Å²) in [6.07, 6.45) is 3.56. The van der Waals surface area contributed by atoms with Crippen LogP contribution in [0, 0.1) is 5.41 Å². The molecule has 1 aliphatic heterocycles. The van der Waals surface area contributed by atoms with Crippen molar-refractivity contribution in [2.45, 2.75) is 33.1 Å². The number of pyridine rings is 1. The van der Waals surface area contributed by atoms with E-state index in [0.29, 0.717) is 16.9 Å². The van der Waals surface area contributed by atoms with E-state index in [-0.39, 0.29) is 0 Å². The lowest BCUT2D eigenvalue weighted by Crippen LogP contribution is -2.41. The molecule has 0 aromatic carbocycles. The first-order valence-corrected chi connectivity index (χ1v) is 7.41. The Balaban J connectivity index is 2.26. The van der Waals surface area contributed by atoms with E-state index >= 15 is 0 Å². The lowest BCUT2D eigenvalue weighted by molar-refractivity contribution is 0.0596. The molecule has 1 saturated heterocycles. The van der Waals surface area contributed by atoms with Gasteiger partial charge in [-0.25, -0.2) is 4.79 Å². The van der Waals surface area contributed by atoms with Gasteiger partial charge in [0.15, 0.2) is 0 Å². The Morgan fingerprint density at radius 3 is 2.81 bits per heavy atom. The van der Waals surface area contributed by atoms with Gasteiger partial charge in [-0.05, 0) is 36.8 Å². The second kappa shape index (κ2) is 6.33. The number of piperidine rings is 1. The van der Waals surface area contributed by atoms with E-state index in [2.05, 4.69) is 23.7 Å². The number of methoxy groups -OCH3 is 2. The summed E-state index contributed by atoms with van der Waals surface area (Å²) in [6, 6.07) is 3.60. The molecule has 5 heteroatoms. The van der Waals surface area contributed by atoms with Gasteiger partial charge in [-0.15, -0.1) is 0 Å². The van der Waals surface area contributed by atoms with Gasteiger partial charge in [-0.1, -0.05) is 13.8 Å². The molecule has 2 rings (SSSR count). The van der Waals surface area contributed by atoms with Crippen molar-refractivity contribution in [3.05, 3.63) is 17.7 Å². The molecule has 0 amide bonds. The fourth-order valence-electron chi connectivity index (χ4n) is 2.83. The van der Waals surface area contributed by atoms with Crippen molar-refractivity contribution in [3.63, 3.8) is 0 Å². The number of esters is 1. The van der Waals surface area contributed by atoms with E-state index < -0.39 is 5.97 Å². The Morgan fingerprint density at radius 2 is 2.19 bits per heavy atom. The molecule has 0 bridgehead atoms. The third-order valence-electron chi connectivity index (χ3n) is 4.40. The monoisotopic (exact) mass is 292 g/mol. The SMILES string of the molecule is CCC1(C)CCCN(c2ccc(C(=O)OC)c(OC)n2)C1. The van der Waals surface area contributed by atoms with Gasteiger partial charge in [0.05, 0.1) is 14.2 Å². The topological polar surface area (TPSA) is 51.7 Å². The van der Waals surface area contributed by atoms with Gasteiger partial charge in [-0.2, -0.15) is 4.98 Å². The molecule has 1 aromatic heterocycles. The molecular weight excluding hydrogens is 268 g/mol. The minimum absolute atomic E-state index is 0.322. The van der Waals surface area contributed by atoms with Gasteiger partial charge < -0.3 is 14.4 Å². The molecule has 2 heterocycles. The fraction of sp³-hybridized carbons (Fsp3) is 0.625. The molecule has 1 unspecified atom stereocenters. The molecule has 0 saturated carbocycles. The number of nitrogens with zero attached hydrogens (tertiary/aromatic N) is 2. The van der Waals surface area contributed by atoms with Gasteiger partial charge in [-0.3, -0.25) is 0 Å². The molecule has 0 aliphatic carbocycles. The lowest BCUT2D eigenvalue weighted by atomic mass is 9.80. The van der Waals surface area contributed by atoms with Crippen LogP contribution in [0.2, 0.25) is 0 Å². The van der Waals surface area contributed by atoms with Crippen molar-refractivity contribution in [2.75, 3.05) is 32.2 Å². The van der Waals surface area contributed by atoms with Crippen molar-refractivity contribution in [1.82, 2.24) is 4.98 Å². The van der Waals surface area contributed by atoms with Crippen LogP contribution >= 0.6 is 0 Å². The molecule has 0 spiro atoms. The van der Waals surface area contributed by atoms with Crippen molar-refractivity contribution in [3.8, 4) is 5.88 Å². The number of carbonyl (C=O) groups excluding carboxylic acids is 1. The van der Waals surface area contributed by atoms with Crippen LogP contribution in [-0.2, 0) is 4.74 Å². The van der Waals surface area contributed by atoms with E-state index in [9.17, 15) is 4.79 Å². The molecular formula is C16H24N2O3. The van der Waals surface area contributed by atoms with Crippen molar-refractivity contribution in [2.24, 2.45) is 5.41 Å². The quantitative estimate of drug-likeness (QED) is 0.799. The van der Waals surface area contributed by atoms with E-state index in [0.717, 1.165) is 31.7 Å². The zero-order valence-corrected chi connectivity index (χ0v) is 13.3. The summed E-state index contributed by atoms with van der Waals surface area (Å²) in [5, 5.41) is 0. The molecule has 1 fully saturated rings. The average molecular weight is 292 g/mol. The highest BCUT2D eigenvalue weighted by molar-refractivity contribution is 5.92. The third-order valence-corrected chi connectivity index (χ3v) is 4.40. The van der Waals surface area contributed by atoms with Gasteiger partial charge in [0.25, 0.3) is 0 Å². The number of anilines is 1. The highest BCUT2D eigenvalue weighted by Crippen LogP contribution is 2.35. The third kappa shape index (κ3) is 3.28. The van der Waals surface area contributed by atoms with Crippen LogP contribution in [0.15, 0.2) is 12.1 Å². The maximum Gasteiger partial charge on any atom is 0.343 e. The maximum atomic E-state index is 11.7. The molecule has 21 heavy (non-hydrogen) atoms. The predicted octanol–water partition coefficient (Wildman–Crippen LogP) is 2.89. The van der Waals surface area contributed by atoms with E-state index in [1.807, 2.05) is 6.07 Å². The minimum atomic E-state index is -0.428. The summed E-state index contributed by atoms with van der Waals surface area (Å²) in [4.78, 5) is 18.4. The predicted molar refractivity (Wildman–Crippen MR) is 82.0 cm³/mol. The van der Waals surface area contributed by atoms with Crippen LogP contribution in [0.4, 0.5) is 5.82 Å². The summed E-state index contributed by atoms with van der Waals surface area (Å²) in [6.45, 7) is 6.53. The molecule has 116 valence electrons. The maximum absolute atomic E-state index is 11.7. The van der Waals surface area contributed by atoms with Crippen LogP contribution < -0.4 is 9.64 Å². The Kier molecular flexibility index (Phi) is 4.70. The Labute approximate surface area is 126 Å². The summed E-state index contributed by atoms with van der Waals surface area (Å²) in [5.41, 5.74) is 0.688. The molecule has 1 atom stereocenters. The van der Waals surface area contributed by atoms with Crippen LogP contribution in [0.3, 0.4) is 0 Å². The molecule has 1 aromatic rings. The summed E-state index contributed by atoms with van der Waals surface area (Å²) < 4.78 is 9.98. The first-order chi connectivity index (χ1) is 10.0. The van der Waals surface area contributed by atoms with E-state index in [4.69, 9.17) is 9.47 Å². The molecule has 0 radical (unpaired) electrons. The largest absolute Gasteiger partial charge is 0.480 e. The van der Waals surface area contributed by atoms with Crippen molar-refractivity contribution in [1.29, 1.82) is 0 Å². The Bertz CT molecular complexity index is 518. The molecule has 1 aliphatic rings. The van der Waals surface area contributed by atoms with Gasteiger partial charge >= 0.3 is 5.97 Å².